The maximum atomic E-state index is 10.6. The van der Waals surface area contributed by atoms with Gasteiger partial charge in [-0.15, -0.1) is 0 Å². The Morgan fingerprint density at radius 3 is 2.40 bits per heavy atom. The largest absolute Gasteiger partial charge is 0.494 e. The maximum Gasteiger partial charge on any atom is 0.119 e. The predicted molar refractivity (Wildman–Crippen MR) is 82.0 cm³/mol. The van der Waals surface area contributed by atoms with Gasteiger partial charge in [0, 0.05) is 12.1 Å². The molecule has 0 bridgehead atoms. The summed E-state index contributed by atoms with van der Waals surface area (Å²) in [5, 5.41) is 14.2. The summed E-state index contributed by atoms with van der Waals surface area (Å²) in [6.07, 6.45) is 5.60. The van der Waals surface area contributed by atoms with Crippen LogP contribution >= 0.6 is 0 Å². The Morgan fingerprint density at radius 2 is 1.85 bits per heavy atom. The Bertz CT molecular complexity index is 384. The summed E-state index contributed by atoms with van der Waals surface area (Å²) in [6, 6.07) is 8.52. The first kappa shape index (κ1) is 15.3. The molecule has 0 aliphatic heterocycles. The van der Waals surface area contributed by atoms with Gasteiger partial charge in [0.15, 0.2) is 0 Å². The van der Waals surface area contributed by atoms with Gasteiger partial charge >= 0.3 is 0 Å². The van der Waals surface area contributed by atoms with E-state index < -0.39 is 6.10 Å². The van der Waals surface area contributed by atoms with E-state index in [1.165, 1.54) is 25.7 Å². The van der Waals surface area contributed by atoms with Gasteiger partial charge in [-0.2, -0.15) is 0 Å². The van der Waals surface area contributed by atoms with Gasteiger partial charge in [-0.3, -0.25) is 0 Å². The van der Waals surface area contributed by atoms with Crippen LogP contribution in [-0.4, -0.2) is 23.8 Å². The second kappa shape index (κ2) is 7.65. The normalized spacial score (nSPS) is 18.9. The monoisotopic (exact) mass is 277 g/mol. The Morgan fingerprint density at radius 1 is 1.20 bits per heavy atom. The molecule has 0 aromatic heterocycles. The molecule has 2 rings (SSSR count). The highest BCUT2D eigenvalue weighted by atomic mass is 16.5. The van der Waals surface area contributed by atoms with Crippen molar-refractivity contribution in [3.63, 3.8) is 0 Å². The number of hydrogen-bond acceptors (Lipinski definition) is 3. The van der Waals surface area contributed by atoms with E-state index in [9.17, 15) is 5.11 Å². The van der Waals surface area contributed by atoms with Crippen LogP contribution in [0.1, 0.15) is 57.6 Å². The van der Waals surface area contributed by atoms with Crippen molar-refractivity contribution in [3.05, 3.63) is 29.8 Å². The zero-order valence-electron chi connectivity index (χ0n) is 12.6. The minimum Gasteiger partial charge on any atom is -0.494 e. The van der Waals surface area contributed by atoms with Crippen molar-refractivity contribution >= 4 is 0 Å². The van der Waals surface area contributed by atoms with Crippen molar-refractivity contribution in [1.29, 1.82) is 0 Å². The SMILES string of the molecule is CCOc1ccc(C(O)C(CC)NC2CCCC2)cc1. The lowest BCUT2D eigenvalue weighted by Crippen LogP contribution is -2.40. The number of nitrogens with one attached hydrogen (secondary N) is 1. The molecule has 1 fully saturated rings. The summed E-state index contributed by atoms with van der Waals surface area (Å²) in [5.74, 6) is 0.861. The average molecular weight is 277 g/mol. The molecule has 2 N–H and O–H groups in total. The van der Waals surface area contributed by atoms with E-state index in [0.717, 1.165) is 17.7 Å². The molecule has 1 aromatic rings. The minimum absolute atomic E-state index is 0.135. The molecule has 0 saturated heterocycles. The lowest BCUT2D eigenvalue weighted by atomic mass is 9.99. The van der Waals surface area contributed by atoms with Gasteiger partial charge in [-0.1, -0.05) is 31.9 Å². The Kier molecular flexibility index (Phi) is 5.86. The van der Waals surface area contributed by atoms with E-state index >= 15 is 0 Å². The third-order valence-corrected chi connectivity index (χ3v) is 4.16. The third kappa shape index (κ3) is 3.97. The lowest BCUT2D eigenvalue weighted by Gasteiger charge is -2.27. The number of aliphatic hydroxyl groups is 1. The van der Waals surface area contributed by atoms with E-state index in [2.05, 4.69) is 12.2 Å². The zero-order valence-corrected chi connectivity index (χ0v) is 12.6. The molecule has 20 heavy (non-hydrogen) atoms. The molecule has 0 heterocycles. The van der Waals surface area contributed by atoms with Gasteiger partial charge in [0.25, 0.3) is 0 Å². The smallest absolute Gasteiger partial charge is 0.119 e. The fourth-order valence-electron chi connectivity index (χ4n) is 2.99. The highest BCUT2D eigenvalue weighted by molar-refractivity contribution is 5.29. The number of ether oxygens (including phenoxy) is 1. The van der Waals surface area contributed by atoms with Crippen LogP contribution in [-0.2, 0) is 0 Å². The summed E-state index contributed by atoms with van der Waals surface area (Å²) >= 11 is 0. The van der Waals surface area contributed by atoms with Crippen molar-refractivity contribution in [2.75, 3.05) is 6.61 Å². The first-order valence-corrected chi connectivity index (χ1v) is 7.91. The molecular formula is C17H27NO2. The van der Waals surface area contributed by atoms with Crippen molar-refractivity contribution in [2.24, 2.45) is 0 Å². The molecule has 1 saturated carbocycles. The Labute approximate surface area is 122 Å². The molecule has 1 aliphatic carbocycles. The molecular weight excluding hydrogens is 250 g/mol. The molecule has 1 aromatic carbocycles. The second-order valence-electron chi connectivity index (χ2n) is 5.61. The van der Waals surface area contributed by atoms with E-state index in [4.69, 9.17) is 4.74 Å². The van der Waals surface area contributed by atoms with Gasteiger partial charge in [0.1, 0.15) is 5.75 Å². The molecule has 0 spiro atoms. The van der Waals surface area contributed by atoms with Crippen LogP contribution in [0.3, 0.4) is 0 Å². The molecule has 3 heteroatoms. The van der Waals surface area contributed by atoms with Gasteiger partial charge in [-0.25, -0.2) is 0 Å². The van der Waals surface area contributed by atoms with Crippen LogP contribution in [0, 0.1) is 0 Å². The molecule has 2 unspecified atom stereocenters. The van der Waals surface area contributed by atoms with Gasteiger partial charge < -0.3 is 15.2 Å². The van der Waals surface area contributed by atoms with E-state index in [-0.39, 0.29) is 6.04 Å². The number of aliphatic hydroxyl groups excluding tert-OH is 1. The standard InChI is InChI=1S/C17H27NO2/c1-3-16(18-14-7-5-6-8-14)17(19)13-9-11-15(12-10-13)20-4-2/h9-12,14,16-19H,3-8H2,1-2H3. The van der Waals surface area contributed by atoms with Crippen LogP contribution in [0.4, 0.5) is 0 Å². The topological polar surface area (TPSA) is 41.5 Å². The molecule has 1 aliphatic rings. The van der Waals surface area contributed by atoms with Crippen LogP contribution in [0.25, 0.3) is 0 Å². The fraction of sp³-hybridized carbons (Fsp3) is 0.647. The van der Waals surface area contributed by atoms with E-state index in [0.29, 0.717) is 12.6 Å². The number of hydrogen-bond donors (Lipinski definition) is 2. The number of rotatable bonds is 7. The fourth-order valence-corrected chi connectivity index (χ4v) is 2.99. The molecule has 2 atom stereocenters. The highest BCUT2D eigenvalue weighted by Crippen LogP contribution is 2.25. The van der Waals surface area contributed by atoms with Crippen LogP contribution in [0.5, 0.6) is 5.75 Å². The van der Waals surface area contributed by atoms with Crippen LogP contribution in [0.2, 0.25) is 0 Å². The number of benzene rings is 1. The summed E-state index contributed by atoms with van der Waals surface area (Å²) in [4.78, 5) is 0. The Balaban J connectivity index is 1.97. The zero-order chi connectivity index (χ0) is 14.4. The third-order valence-electron chi connectivity index (χ3n) is 4.16. The molecule has 112 valence electrons. The summed E-state index contributed by atoms with van der Waals surface area (Å²) in [7, 11) is 0. The highest BCUT2D eigenvalue weighted by Gasteiger charge is 2.24. The first-order chi connectivity index (χ1) is 9.74. The van der Waals surface area contributed by atoms with Crippen LogP contribution in [0.15, 0.2) is 24.3 Å². The van der Waals surface area contributed by atoms with Gasteiger partial charge in [-0.05, 0) is 43.9 Å². The van der Waals surface area contributed by atoms with Crippen LogP contribution < -0.4 is 10.1 Å². The molecule has 0 radical (unpaired) electrons. The Hall–Kier alpha value is -1.06. The average Bonchev–Trinajstić information content (AvgIpc) is 2.98. The summed E-state index contributed by atoms with van der Waals surface area (Å²) in [6.45, 7) is 4.77. The first-order valence-electron chi connectivity index (χ1n) is 7.91. The van der Waals surface area contributed by atoms with E-state index in [1.807, 2.05) is 31.2 Å². The van der Waals surface area contributed by atoms with Gasteiger partial charge in [0.2, 0.25) is 0 Å². The second-order valence-corrected chi connectivity index (χ2v) is 5.61. The van der Waals surface area contributed by atoms with Crippen molar-refractivity contribution in [1.82, 2.24) is 5.32 Å². The van der Waals surface area contributed by atoms with Gasteiger partial charge in [0.05, 0.1) is 12.7 Å². The molecule has 0 amide bonds. The summed E-state index contributed by atoms with van der Waals surface area (Å²) < 4.78 is 5.44. The van der Waals surface area contributed by atoms with E-state index in [1.54, 1.807) is 0 Å². The molecule has 3 nitrogen and oxygen atoms in total. The quantitative estimate of drug-likeness (QED) is 0.802. The van der Waals surface area contributed by atoms with Crippen molar-refractivity contribution in [2.45, 2.75) is 64.1 Å². The minimum atomic E-state index is -0.448. The lowest BCUT2D eigenvalue weighted by molar-refractivity contribution is 0.119. The van der Waals surface area contributed by atoms with Crippen molar-refractivity contribution in [3.8, 4) is 5.75 Å². The van der Waals surface area contributed by atoms with Crippen molar-refractivity contribution < 1.29 is 9.84 Å². The predicted octanol–water partition coefficient (Wildman–Crippen LogP) is 3.43. The summed E-state index contributed by atoms with van der Waals surface area (Å²) in [5.41, 5.74) is 0.964. The maximum absolute atomic E-state index is 10.6.